The predicted octanol–water partition coefficient (Wildman–Crippen LogP) is 2.56. The molecule has 2 N–H and O–H groups in total. The van der Waals surface area contributed by atoms with Gasteiger partial charge in [0, 0.05) is 25.6 Å². The summed E-state index contributed by atoms with van der Waals surface area (Å²) in [5, 5.41) is 13.7. The Kier molecular flexibility index (Phi) is 9.12. The highest BCUT2D eigenvalue weighted by atomic mass is 32.2. The van der Waals surface area contributed by atoms with E-state index in [2.05, 4.69) is 5.32 Å². The zero-order valence-electron chi connectivity index (χ0n) is 19.0. The van der Waals surface area contributed by atoms with E-state index in [9.17, 15) is 23.1 Å². The number of carbonyl (C=O) groups excluding carboxylic acids is 2. The normalized spacial score (nSPS) is 13.7. The second kappa shape index (κ2) is 11.4. The maximum absolute atomic E-state index is 13.3. The molecule has 0 bridgehead atoms. The second-order valence-electron chi connectivity index (χ2n) is 8.47. The lowest BCUT2D eigenvalue weighted by Crippen LogP contribution is -2.50. The van der Waals surface area contributed by atoms with E-state index >= 15 is 0 Å². The smallest absolute Gasteiger partial charge is 0.243 e. The van der Waals surface area contributed by atoms with Crippen LogP contribution in [0.1, 0.15) is 42.3 Å². The summed E-state index contributed by atoms with van der Waals surface area (Å²) in [7, 11) is -3.83. The summed E-state index contributed by atoms with van der Waals surface area (Å²) < 4.78 is 27.8. The van der Waals surface area contributed by atoms with E-state index < -0.39 is 22.2 Å². The Morgan fingerprint density at radius 2 is 1.66 bits per heavy atom. The molecule has 0 saturated carbocycles. The molecule has 0 aliphatic rings. The van der Waals surface area contributed by atoms with Gasteiger partial charge in [-0.1, -0.05) is 55.8 Å². The number of aliphatic hydroxyl groups excluding tert-OH is 1. The highest BCUT2D eigenvalue weighted by molar-refractivity contribution is 7.89. The Hall–Kier alpha value is -2.55. The van der Waals surface area contributed by atoms with Crippen molar-refractivity contribution in [2.24, 2.45) is 5.92 Å². The highest BCUT2D eigenvalue weighted by Crippen LogP contribution is 2.19. The molecule has 174 valence electrons. The van der Waals surface area contributed by atoms with Crippen molar-refractivity contribution in [3.05, 3.63) is 65.2 Å². The van der Waals surface area contributed by atoms with Crippen molar-refractivity contribution < 1.29 is 23.1 Å². The van der Waals surface area contributed by atoms with Gasteiger partial charge in [0.05, 0.1) is 17.0 Å². The topological polar surface area (TPSA) is 104 Å². The summed E-state index contributed by atoms with van der Waals surface area (Å²) in [5.74, 6) is -0.284. The molecule has 2 atom stereocenters. The molecule has 0 fully saturated rings. The van der Waals surface area contributed by atoms with Gasteiger partial charge in [0.15, 0.2) is 0 Å². The summed E-state index contributed by atoms with van der Waals surface area (Å²) >= 11 is 0. The zero-order valence-corrected chi connectivity index (χ0v) is 19.8. The molecule has 0 aliphatic carbocycles. The Bertz CT molecular complexity index is 1000. The number of carbonyl (C=O) groups is 2. The molecule has 32 heavy (non-hydrogen) atoms. The molecule has 7 nitrogen and oxygen atoms in total. The van der Waals surface area contributed by atoms with E-state index in [0.29, 0.717) is 12.0 Å². The van der Waals surface area contributed by atoms with E-state index in [4.69, 9.17) is 0 Å². The van der Waals surface area contributed by atoms with E-state index in [0.717, 1.165) is 17.4 Å². The van der Waals surface area contributed by atoms with Gasteiger partial charge in [-0.3, -0.25) is 9.59 Å². The van der Waals surface area contributed by atoms with Gasteiger partial charge in [-0.05, 0) is 37.0 Å². The number of nitrogens with zero attached hydrogens (tertiary/aromatic N) is 1. The number of aliphatic hydroxyl groups is 1. The lowest BCUT2D eigenvalue weighted by molar-refractivity contribution is -0.120. The van der Waals surface area contributed by atoms with E-state index in [1.54, 1.807) is 48.5 Å². The SMILES string of the molecule is CC(=O)N[C@@H](Cc1ccc(C=O)cc1)[C@H](O)CN(CC(C)C)S(=O)(=O)c1ccc(C)cc1. The molecule has 2 aromatic carbocycles. The van der Waals surface area contributed by atoms with Crippen molar-refractivity contribution in [1.29, 1.82) is 0 Å². The second-order valence-corrected chi connectivity index (χ2v) is 10.4. The molecule has 0 heterocycles. The predicted molar refractivity (Wildman–Crippen MR) is 124 cm³/mol. The quantitative estimate of drug-likeness (QED) is 0.502. The third kappa shape index (κ3) is 7.25. The first-order valence-corrected chi connectivity index (χ1v) is 12.0. The van der Waals surface area contributed by atoms with Gasteiger partial charge in [0.1, 0.15) is 6.29 Å². The van der Waals surface area contributed by atoms with Crippen LogP contribution in [-0.2, 0) is 21.2 Å². The fourth-order valence-corrected chi connectivity index (χ4v) is 5.03. The van der Waals surface area contributed by atoms with Crippen LogP contribution in [0.25, 0.3) is 0 Å². The maximum atomic E-state index is 13.3. The van der Waals surface area contributed by atoms with Crippen LogP contribution in [0, 0.1) is 12.8 Å². The van der Waals surface area contributed by atoms with Crippen molar-refractivity contribution in [1.82, 2.24) is 9.62 Å². The summed E-state index contributed by atoms with van der Waals surface area (Å²) in [6, 6.07) is 12.7. The molecule has 0 unspecified atom stereocenters. The van der Waals surface area contributed by atoms with Gasteiger partial charge in [-0.15, -0.1) is 0 Å². The van der Waals surface area contributed by atoms with Crippen LogP contribution in [0.3, 0.4) is 0 Å². The number of benzene rings is 2. The lowest BCUT2D eigenvalue weighted by Gasteiger charge is -2.30. The Labute approximate surface area is 190 Å². The van der Waals surface area contributed by atoms with Gasteiger partial charge < -0.3 is 10.4 Å². The van der Waals surface area contributed by atoms with Crippen molar-refractivity contribution in [2.75, 3.05) is 13.1 Å². The summed E-state index contributed by atoms with van der Waals surface area (Å²) in [6.45, 7) is 7.11. The Morgan fingerprint density at radius 3 is 2.16 bits per heavy atom. The first kappa shape index (κ1) is 25.7. The minimum absolute atomic E-state index is 0.0394. The molecule has 1 amide bonds. The largest absolute Gasteiger partial charge is 0.390 e. The van der Waals surface area contributed by atoms with Crippen LogP contribution in [0.4, 0.5) is 0 Å². The molecule has 0 radical (unpaired) electrons. The van der Waals surface area contributed by atoms with Crippen molar-refractivity contribution >= 4 is 22.2 Å². The van der Waals surface area contributed by atoms with Crippen LogP contribution in [0.2, 0.25) is 0 Å². The third-order valence-electron chi connectivity index (χ3n) is 5.04. The molecule has 2 aromatic rings. The molecule has 0 aliphatic heterocycles. The fourth-order valence-electron chi connectivity index (χ4n) is 3.40. The average molecular weight is 461 g/mol. The summed E-state index contributed by atoms with van der Waals surface area (Å²) in [5.41, 5.74) is 2.29. The monoisotopic (exact) mass is 460 g/mol. The number of amides is 1. The molecular weight excluding hydrogens is 428 g/mol. The molecule has 0 saturated heterocycles. The number of hydrogen-bond acceptors (Lipinski definition) is 5. The van der Waals surface area contributed by atoms with E-state index in [1.165, 1.54) is 11.2 Å². The van der Waals surface area contributed by atoms with Crippen LogP contribution in [0.15, 0.2) is 53.4 Å². The van der Waals surface area contributed by atoms with Gasteiger partial charge >= 0.3 is 0 Å². The first-order valence-electron chi connectivity index (χ1n) is 10.6. The fraction of sp³-hybridized carbons (Fsp3) is 0.417. The maximum Gasteiger partial charge on any atom is 0.243 e. The van der Waals surface area contributed by atoms with Crippen LogP contribution >= 0.6 is 0 Å². The van der Waals surface area contributed by atoms with Crippen molar-refractivity contribution in [3.63, 3.8) is 0 Å². The molecule has 0 aromatic heterocycles. The Balaban J connectivity index is 2.28. The zero-order chi connectivity index (χ0) is 23.9. The van der Waals surface area contributed by atoms with Gasteiger partial charge in [-0.2, -0.15) is 4.31 Å². The summed E-state index contributed by atoms with van der Waals surface area (Å²) in [6.07, 6.45) is -0.104. The molecule has 0 spiro atoms. The number of sulfonamides is 1. The van der Waals surface area contributed by atoms with Crippen LogP contribution < -0.4 is 5.32 Å². The number of nitrogens with one attached hydrogen (secondary N) is 1. The Morgan fingerprint density at radius 1 is 1.06 bits per heavy atom. The first-order chi connectivity index (χ1) is 15.0. The third-order valence-corrected chi connectivity index (χ3v) is 6.89. The van der Waals surface area contributed by atoms with Crippen molar-refractivity contribution in [2.45, 2.75) is 51.2 Å². The minimum Gasteiger partial charge on any atom is -0.390 e. The lowest BCUT2D eigenvalue weighted by atomic mass is 10.00. The average Bonchev–Trinajstić information content (AvgIpc) is 2.73. The van der Waals surface area contributed by atoms with E-state index in [-0.39, 0.29) is 29.8 Å². The molecule has 2 rings (SSSR count). The van der Waals surface area contributed by atoms with Gasteiger partial charge in [0.2, 0.25) is 15.9 Å². The molecular formula is C24H32N2O5S. The standard InChI is InChI=1S/C24H32N2O5S/c1-17(2)14-26(32(30,31)22-11-5-18(3)6-12-22)15-24(29)23(25-19(4)28)13-20-7-9-21(16-27)10-8-20/h5-12,16-17,23-24,29H,13-15H2,1-4H3,(H,25,28)/t23-,24+/m0/s1. The van der Waals surface area contributed by atoms with E-state index in [1.807, 2.05) is 20.8 Å². The van der Waals surface area contributed by atoms with Gasteiger partial charge in [0.25, 0.3) is 0 Å². The number of aldehydes is 1. The molecule has 8 heteroatoms. The highest BCUT2D eigenvalue weighted by Gasteiger charge is 2.31. The summed E-state index contributed by atoms with van der Waals surface area (Å²) in [4.78, 5) is 22.8. The number of hydrogen-bond donors (Lipinski definition) is 2. The van der Waals surface area contributed by atoms with Gasteiger partial charge in [-0.25, -0.2) is 8.42 Å². The number of rotatable bonds is 11. The van der Waals surface area contributed by atoms with Crippen molar-refractivity contribution in [3.8, 4) is 0 Å². The minimum atomic E-state index is -3.83. The van der Waals surface area contributed by atoms with Crippen LogP contribution in [0.5, 0.6) is 0 Å². The van der Waals surface area contributed by atoms with Crippen LogP contribution in [-0.4, -0.2) is 55.3 Å². The number of aryl methyl sites for hydroxylation is 1.